The molecular formula is C16H15N3O. The Morgan fingerprint density at radius 3 is 2.65 bits per heavy atom. The number of aromatic nitrogens is 1. The molecule has 0 amide bonds. The first-order valence-corrected chi connectivity index (χ1v) is 6.40. The summed E-state index contributed by atoms with van der Waals surface area (Å²) in [5, 5.41) is 1.13. The van der Waals surface area contributed by atoms with Crippen LogP contribution in [0.4, 0.5) is 5.69 Å². The van der Waals surface area contributed by atoms with E-state index in [-0.39, 0.29) is 0 Å². The minimum atomic E-state index is 0.406. The van der Waals surface area contributed by atoms with Crippen LogP contribution in [0.2, 0.25) is 0 Å². The van der Waals surface area contributed by atoms with E-state index in [9.17, 15) is 0 Å². The zero-order valence-electron chi connectivity index (χ0n) is 10.9. The fourth-order valence-electron chi connectivity index (χ4n) is 2.05. The number of hydrazine groups is 1. The molecule has 0 spiro atoms. The van der Waals surface area contributed by atoms with Crippen molar-refractivity contribution in [2.24, 2.45) is 5.84 Å². The summed E-state index contributed by atoms with van der Waals surface area (Å²) in [5.41, 5.74) is 5.23. The van der Waals surface area contributed by atoms with E-state index in [1.54, 1.807) is 0 Å². The van der Waals surface area contributed by atoms with E-state index < -0.39 is 0 Å². The Morgan fingerprint density at radius 1 is 0.950 bits per heavy atom. The molecule has 0 aliphatic heterocycles. The minimum absolute atomic E-state index is 0.406. The molecule has 3 aromatic rings. The Bertz CT molecular complexity index is 727. The standard InChI is InChI=1S/C16H15N3O/c17-19-15-7-3-4-8-16(15)20-11-13-10-9-12-5-1-2-6-14(12)18-13/h1-10,19H,11,17H2. The molecule has 4 heteroatoms. The van der Waals surface area contributed by atoms with Gasteiger partial charge >= 0.3 is 0 Å². The Kier molecular flexibility index (Phi) is 3.48. The second-order valence-corrected chi connectivity index (χ2v) is 4.42. The van der Waals surface area contributed by atoms with E-state index >= 15 is 0 Å². The minimum Gasteiger partial charge on any atom is -0.485 e. The van der Waals surface area contributed by atoms with Crippen LogP contribution >= 0.6 is 0 Å². The van der Waals surface area contributed by atoms with Gasteiger partial charge in [-0.2, -0.15) is 0 Å². The van der Waals surface area contributed by atoms with Crippen molar-refractivity contribution in [1.82, 2.24) is 4.98 Å². The van der Waals surface area contributed by atoms with Crippen LogP contribution in [0, 0.1) is 0 Å². The first-order valence-electron chi connectivity index (χ1n) is 6.40. The van der Waals surface area contributed by atoms with E-state index in [0.29, 0.717) is 12.4 Å². The zero-order chi connectivity index (χ0) is 13.8. The lowest BCUT2D eigenvalue weighted by Gasteiger charge is -2.10. The molecule has 0 aliphatic carbocycles. The average molecular weight is 265 g/mol. The smallest absolute Gasteiger partial charge is 0.144 e. The molecule has 1 heterocycles. The maximum atomic E-state index is 5.76. The van der Waals surface area contributed by atoms with Crippen LogP contribution in [0.3, 0.4) is 0 Å². The number of rotatable bonds is 4. The summed E-state index contributed by atoms with van der Waals surface area (Å²) in [6, 6.07) is 19.6. The molecule has 20 heavy (non-hydrogen) atoms. The molecule has 0 atom stereocenters. The number of pyridine rings is 1. The number of nitrogens with two attached hydrogens (primary N) is 1. The van der Waals surface area contributed by atoms with Crippen molar-refractivity contribution >= 4 is 16.6 Å². The van der Waals surface area contributed by atoms with E-state index in [1.165, 1.54) is 0 Å². The molecule has 3 N–H and O–H groups in total. The first kappa shape index (κ1) is 12.4. The van der Waals surface area contributed by atoms with Crippen molar-refractivity contribution in [3.05, 3.63) is 66.4 Å². The van der Waals surface area contributed by atoms with Crippen molar-refractivity contribution in [3.63, 3.8) is 0 Å². The van der Waals surface area contributed by atoms with Crippen LogP contribution in [0.25, 0.3) is 10.9 Å². The highest BCUT2D eigenvalue weighted by atomic mass is 16.5. The molecule has 0 aliphatic rings. The molecule has 0 radical (unpaired) electrons. The average Bonchev–Trinajstić information content (AvgIpc) is 2.53. The van der Waals surface area contributed by atoms with Gasteiger partial charge in [0.1, 0.15) is 12.4 Å². The molecule has 0 saturated heterocycles. The largest absolute Gasteiger partial charge is 0.485 e. The van der Waals surface area contributed by atoms with Crippen LogP contribution < -0.4 is 16.0 Å². The van der Waals surface area contributed by atoms with E-state index in [0.717, 1.165) is 22.3 Å². The van der Waals surface area contributed by atoms with Gasteiger partial charge < -0.3 is 10.2 Å². The number of benzene rings is 2. The Balaban J connectivity index is 1.79. The fourth-order valence-corrected chi connectivity index (χ4v) is 2.05. The number of hydrogen-bond acceptors (Lipinski definition) is 4. The summed E-state index contributed by atoms with van der Waals surface area (Å²) in [4.78, 5) is 4.57. The SMILES string of the molecule is NNc1ccccc1OCc1ccc2ccccc2n1. The van der Waals surface area contributed by atoms with Crippen LogP contribution in [-0.4, -0.2) is 4.98 Å². The summed E-state index contributed by atoms with van der Waals surface area (Å²) in [6.07, 6.45) is 0. The van der Waals surface area contributed by atoms with Gasteiger partial charge in [-0.25, -0.2) is 4.98 Å². The third-order valence-corrected chi connectivity index (χ3v) is 3.07. The molecule has 3 rings (SSSR count). The summed E-state index contributed by atoms with van der Waals surface area (Å²) in [5.74, 6) is 6.16. The molecule has 0 saturated carbocycles. The van der Waals surface area contributed by atoms with E-state index in [4.69, 9.17) is 10.6 Å². The third kappa shape index (κ3) is 2.55. The van der Waals surface area contributed by atoms with Gasteiger partial charge in [0.05, 0.1) is 16.9 Å². The fraction of sp³-hybridized carbons (Fsp3) is 0.0625. The number of nitrogens with zero attached hydrogens (tertiary/aromatic N) is 1. The van der Waals surface area contributed by atoms with Crippen molar-refractivity contribution in [3.8, 4) is 5.75 Å². The normalized spacial score (nSPS) is 10.4. The van der Waals surface area contributed by atoms with Gasteiger partial charge in [-0.1, -0.05) is 36.4 Å². The topological polar surface area (TPSA) is 60.2 Å². The molecule has 0 unspecified atom stereocenters. The Hall–Kier alpha value is -2.59. The van der Waals surface area contributed by atoms with Gasteiger partial charge in [-0.15, -0.1) is 0 Å². The maximum absolute atomic E-state index is 5.76. The number of anilines is 1. The number of nitrogens with one attached hydrogen (secondary N) is 1. The Morgan fingerprint density at radius 2 is 1.75 bits per heavy atom. The predicted octanol–water partition coefficient (Wildman–Crippen LogP) is 3.10. The van der Waals surface area contributed by atoms with Gasteiger partial charge in [0, 0.05) is 5.39 Å². The highest BCUT2D eigenvalue weighted by Crippen LogP contribution is 2.23. The van der Waals surface area contributed by atoms with Gasteiger partial charge in [0.25, 0.3) is 0 Å². The lowest BCUT2D eigenvalue weighted by Crippen LogP contribution is -2.09. The lowest BCUT2D eigenvalue weighted by molar-refractivity contribution is 0.303. The number of ether oxygens (including phenoxy) is 1. The number of fused-ring (bicyclic) bond motifs is 1. The second kappa shape index (κ2) is 5.59. The van der Waals surface area contributed by atoms with Crippen LogP contribution in [0.15, 0.2) is 60.7 Å². The van der Waals surface area contributed by atoms with Crippen LogP contribution in [0.5, 0.6) is 5.75 Å². The predicted molar refractivity (Wildman–Crippen MR) is 80.3 cm³/mol. The third-order valence-electron chi connectivity index (χ3n) is 3.07. The van der Waals surface area contributed by atoms with Crippen LogP contribution in [0.1, 0.15) is 5.69 Å². The van der Waals surface area contributed by atoms with Gasteiger partial charge in [0.2, 0.25) is 0 Å². The second-order valence-electron chi connectivity index (χ2n) is 4.42. The molecular weight excluding hydrogens is 250 g/mol. The van der Waals surface area contributed by atoms with Crippen molar-refractivity contribution in [1.29, 1.82) is 0 Å². The highest BCUT2D eigenvalue weighted by Gasteiger charge is 2.03. The number of para-hydroxylation sites is 3. The summed E-state index contributed by atoms with van der Waals surface area (Å²) < 4.78 is 5.76. The zero-order valence-corrected chi connectivity index (χ0v) is 10.9. The molecule has 0 bridgehead atoms. The van der Waals surface area contributed by atoms with Gasteiger partial charge in [0.15, 0.2) is 0 Å². The molecule has 0 fully saturated rings. The van der Waals surface area contributed by atoms with Crippen molar-refractivity contribution in [2.75, 3.05) is 5.43 Å². The molecule has 100 valence electrons. The molecule has 1 aromatic heterocycles. The summed E-state index contributed by atoms with van der Waals surface area (Å²) in [7, 11) is 0. The highest BCUT2D eigenvalue weighted by molar-refractivity contribution is 5.78. The summed E-state index contributed by atoms with van der Waals surface area (Å²) in [6.45, 7) is 0.406. The van der Waals surface area contributed by atoms with E-state index in [2.05, 4.69) is 10.4 Å². The molecule has 4 nitrogen and oxygen atoms in total. The Labute approximate surface area is 117 Å². The number of nitrogen functional groups attached to an aromatic ring is 1. The number of hydrogen-bond donors (Lipinski definition) is 2. The van der Waals surface area contributed by atoms with Gasteiger partial charge in [-0.05, 0) is 24.3 Å². The molecule has 2 aromatic carbocycles. The van der Waals surface area contributed by atoms with Gasteiger partial charge in [-0.3, -0.25) is 5.84 Å². The lowest BCUT2D eigenvalue weighted by atomic mass is 10.2. The van der Waals surface area contributed by atoms with Crippen molar-refractivity contribution in [2.45, 2.75) is 6.61 Å². The van der Waals surface area contributed by atoms with Crippen molar-refractivity contribution < 1.29 is 4.74 Å². The van der Waals surface area contributed by atoms with Crippen LogP contribution in [-0.2, 0) is 6.61 Å². The maximum Gasteiger partial charge on any atom is 0.144 e. The van der Waals surface area contributed by atoms with E-state index in [1.807, 2.05) is 60.7 Å². The monoisotopic (exact) mass is 265 g/mol. The first-order chi connectivity index (χ1) is 9.86. The quantitative estimate of drug-likeness (QED) is 0.562. The summed E-state index contributed by atoms with van der Waals surface area (Å²) >= 11 is 0.